The lowest BCUT2D eigenvalue weighted by atomic mass is 10.2. The van der Waals surface area contributed by atoms with Gasteiger partial charge < -0.3 is 4.74 Å². The molecule has 1 rings (SSSR count). The van der Waals surface area contributed by atoms with E-state index in [-0.39, 0.29) is 16.9 Å². The van der Waals surface area contributed by atoms with Crippen LogP contribution in [0.2, 0.25) is 0 Å². The summed E-state index contributed by atoms with van der Waals surface area (Å²) in [5.74, 6) is -0.0211. The van der Waals surface area contributed by atoms with Crippen molar-refractivity contribution in [3.8, 4) is 0 Å². The van der Waals surface area contributed by atoms with E-state index >= 15 is 0 Å². The zero-order valence-corrected chi connectivity index (χ0v) is 12.7. The molecule has 0 saturated heterocycles. The summed E-state index contributed by atoms with van der Waals surface area (Å²) in [6.45, 7) is 9.05. The van der Waals surface area contributed by atoms with Gasteiger partial charge in [-0.2, -0.15) is 0 Å². The van der Waals surface area contributed by atoms with E-state index in [1.807, 2.05) is 13.8 Å². The first-order valence-corrected chi connectivity index (χ1v) is 7.65. The maximum absolute atomic E-state index is 12.1. The van der Waals surface area contributed by atoms with E-state index in [0.29, 0.717) is 0 Å². The summed E-state index contributed by atoms with van der Waals surface area (Å²) in [6, 6.07) is 6.54. The number of ether oxygens (including phenoxy) is 1. The van der Waals surface area contributed by atoms with E-state index in [9.17, 15) is 8.42 Å². The maximum Gasteiger partial charge on any atom is 0.264 e. The van der Waals surface area contributed by atoms with Crippen LogP contribution in [-0.2, 0) is 14.8 Å². The molecule has 0 heterocycles. The van der Waals surface area contributed by atoms with Gasteiger partial charge in [-0.05, 0) is 51.6 Å². The van der Waals surface area contributed by atoms with E-state index in [1.165, 1.54) is 12.1 Å². The fourth-order valence-electron chi connectivity index (χ4n) is 1.44. The van der Waals surface area contributed by atoms with Gasteiger partial charge in [0, 0.05) is 0 Å². The third kappa shape index (κ3) is 4.96. The predicted molar refractivity (Wildman–Crippen MR) is 79.5 cm³/mol. The van der Waals surface area contributed by atoms with Crippen LogP contribution in [0.4, 0.5) is 0 Å². The van der Waals surface area contributed by atoms with Crippen molar-refractivity contribution in [1.29, 1.82) is 0 Å². The Kier molecular flexibility index (Phi) is 5.62. The average molecular weight is 293 g/mol. The van der Waals surface area contributed by atoms with Gasteiger partial charge in [0.15, 0.2) is 5.88 Å². The number of nitrogens with one attached hydrogen (secondary N) is 1. The minimum atomic E-state index is -3.66. The summed E-state index contributed by atoms with van der Waals surface area (Å²) in [6.07, 6.45) is 3.09. The van der Waals surface area contributed by atoms with E-state index < -0.39 is 10.0 Å². The number of rotatable bonds is 6. The third-order valence-corrected chi connectivity index (χ3v) is 3.79. The quantitative estimate of drug-likeness (QED) is 0.648. The lowest BCUT2D eigenvalue weighted by Gasteiger charge is -2.14. The normalized spacial score (nSPS) is 11.9. The molecule has 0 fully saturated rings. The van der Waals surface area contributed by atoms with Crippen LogP contribution in [0.25, 0.3) is 0 Å². The second-order valence-electron chi connectivity index (χ2n) is 4.29. The van der Waals surface area contributed by atoms with Crippen LogP contribution < -0.4 is 4.72 Å². The molecule has 0 saturated carbocycles. The van der Waals surface area contributed by atoms with Crippen LogP contribution in [0, 0.1) is 6.92 Å². The monoisotopic (exact) mass is 293 g/mol. The Hall–Kier alpha value is -1.97. The van der Waals surface area contributed by atoms with Crippen LogP contribution in [0.3, 0.4) is 0 Å². The van der Waals surface area contributed by atoms with Gasteiger partial charge >= 0.3 is 0 Å². The molecule has 5 heteroatoms. The highest BCUT2D eigenvalue weighted by molar-refractivity contribution is 7.89. The second kappa shape index (κ2) is 6.98. The van der Waals surface area contributed by atoms with Crippen molar-refractivity contribution in [1.82, 2.24) is 4.72 Å². The van der Waals surface area contributed by atoms with Gasteiger partial charge in [-0.25, -0.2) is 13.1 Å². The molecule has 0 aliphatic carbocycles. The highest BCUT2D eigenvalue weighted by Crippen LogP contribution is 2.11. The number of hydrogen-bond donors (Lipinski definition) is 1. The van der Waals surface area contributed by atoms with Crippen LogP contribution in [0.1, 0.15) is 19.4 Å². The van der Waals surface area contributed by atoms with Crippen LogP contribution in [0.5, 0.6) is 0 Å². The Morgan fingerprint density at radius 2 is 2.00 bits per heavy atom. The van der Waals surface area contributed by atoms with Gasteiger partial charge in [0.05, 0.1) is 4.90 Å². The van der Waals surface area contributed by atoms with Crippen molar-refractivity contribution >= 4 is 10.0 Å². The standard InChI is InChI=1S/C15H19NO3S/c1-5-6-7-13(3)19-14(4)16-20(17,18)15-10-8-12(2)9-11-15/h5,7-11,13,16H,4H2,1-3H3. The van der Waals surface area contributed by atoms with Gasteiger partial charge in [-0.15, -0.1) is 5.73 Å². The summed E-state index contributed by atoms with van der Waals surface area (Å²) in [7, 11) is -3.66. The lowest BCUT2D eigenvalue weighted by molar-refractivity contribution is 0.162. The summed E-state index contributed by atoms with van der Waals surface area (Å²) in [5, 5.41) is 0. The summed E-state index contributed by atoms with van der Waals surface area (Å²) < 4.78 is 31.7. The van der Waals surface area contributed by atoms with Gasteiger partial charge in [0.1, 0.15) is 6.10 Å². The van der Waals surface area contributed by atoms with Gasteiger partial charge in [0.2, 0.25) is 0 Å². The maximum atomic E-state index is 12.1. The van der Waals surface area contributed by atoms with Crippen molar-refractivity contribution in [2.75, 3.05) is 0 Å². The number of benzene rings is 1. The van der Waals surface area contributed by atoms with Gasteiger partial charge in [0.25, 0.3) is 10.0 Å². The van der Waals surface area contributed by atoms with Crippen molar-refractivity contribution < 1.29 is 13.2 Å². The number of sulfonamides is 1. The second-order valence-corrected chi connectivity index (χ2v) is 5.97. The van der Waals surface area contributed by atoms with E-state index in [4.69, 9.17) is 4.74 Å². The first kappa shape index (κ1) is 16.1. The SMILES string of the molecule is C=C(NS(=O)(=O)c1ccc(C)cc1)OC(C)C=C=CC. The molecule has 4 nitrogen and oxygen atoms in total. The molecule has 0 radical (unpaired) electrons. The minimum Gasteiger partial charge on any atom is -0.471 e. The molecule has 0 bridgehead atoms. The average Bonchev–Trinajstić information content (AvgIpc) is 2.36. The zero-order valence-electron chi connectivity index (χ0n) is 11.9. The Balaban J connectivity index is 2.74. The van der Waals surface area contributed by atoms with E-state index in [0.717, 1.165) is 5.56 Å². The summed E-state index contributed by atoms with van der Waals surface area (Å²) >= 11 is 0. The molecule has 108 valence electrons. The van der Waals surface area contributed by atoms with Gasteiger partial charge in [-0.1, -0.05) is 17.7 Å². The molecular weight excluding hydrogens is 274 g/mol. The predicted octanol–water partition coefficient (Wildman–Crippen LogP) is 2.88. The van der Waals surface area contributed by atoms with Crippen LogP contribution in [-0.4, -0.2) is 14.5 Å². The fraction of sp³-hybridized carbons (Fsp3) is 0.267. The van der Waals surface area contributed by atoms with E-state index in [2.05, 4.69) is 17.0 Å². The summed E-state index contributed by atoms with van der Waals surface area (Å²) in [5.41, 5.74) is 3.85. The molecule has 1 N–H and O–H groups in total. The van der Waals surface area contributed by atoms with Crippen molar-refractivity contribution in [3.63, 3.8) is 0 Å². The van der Waals surface area contributed by atoms with Crippen molar-refractivity contribution in [3.05, 3.63) is 60.2 Å². The molecule has 0 spiro atoms. The topological polar surface area (TPSA) is 55.4 Å². The largest absolute Gasteiger partial charge is 0.471 e. The minimum absolute atomic E-state index is 0.0211. The third-order valence-electron chi connectivity index (χ3n) is 2.41. The highest BCUT2D eigenvalue weighted by Gasteiger charge is 2.15. The molecule has 1 aromatic carbocycles. The van der Waals surface area contributed by atoms with Crippen LogP contribution >= 0.6 is 0 Å². The molecule has 1 atom stereocenters. The number of hydrogen-bond acceptors (Lipinski definition) is 3. The molecule has 1 unspecified atom stereocenters. The Morgan fingerprint density at radius 1 is 1.40 bits per heavy atom. The number of aryl methyl sites for hydroxylation is 1. The zero-order chi connectivity index (χ0) is 15.2. The fourth-order valence-corrected chi connectivity index (χ4v) is 2.40. The first-order valence-electron chi connectivity index (χ1n) is 6.17. The van der Waals surface area contributed by atoms with E-state index in [1.54, 1.807) is 31.2 Å². The Morgan fingerprint density at radius 3 is 2.55 bits per heavy atom. The highest BCUT2D eigenvalue weighted by atomic mass is 32.2. The van der Waals surface area contributed by atoms with Crippen molar-refractivity contribution in [2.24, 2.45) is 0 Å². The van der Waals surface area contributed by atoms with Crippen molar-refractivity contribution in [2.45, 2.75) is 31.8 Å². The molecule has 0 amide bonds. The Bertz CT molecular complexity index is 624. The Labute approximate surface area is 120 Å². The first-order chi connectivity index (χ1) is 9.35. The molecule has 0 aliphatic heterocycles. The van der Waals surface area contributed by atoms with Crippen LogP contribution in [0.15, 0.2) is 59.5 Å². The molecule has 0 aliphatic rings. The molecular formula is C15H19NO3S. The molecule has 0 aromatic heterocycles. The molecule has 1 aromatic rings. The molecule has 20 heavy (non-hydrogen) atoms. The smallest absolute Gasteiger partial charge is 0.264 e. The lowest BCUT2D eigenvalue weighted by Crippen LogP contribution is -2.25. The van der Waals surface area contributed by atoms with Gasteiger partial charge in [-0.3, -0.25) is 0 Å². The summed E-state index contributed by atoms with van der Waals surface area (Å²) in [4.78, 5) is 0.171.